The van der Waals surface area contributed by atoms with Gasteiger partial charge in [0.15, 0.2) is 11.6 Å². The highest BCUT2D eigenvalue weighted by atomic mass is 19.2. The van der Waals surface area contributed by atoms with Crippen molar-refractivity contribution >= 4 is 0 Å². The van der Waals surface area contributed by atoms with Gasteiger partial charge in [-0.1, -0.05) is 12.1 Å². The molecule has 1 aromatic carbocycles. The van der Waals surface area contributed by atoms with Crippen LogP contribution >= 0.6 is 0 Å². The summed E-state index contributed by atoms with van der Waals surface area (Å²) < 4.78 is 32.5. The van der Waals surface area contributed by atoms with E-state index in [9.17, 15) is 8.78 Å². The van der Waals surface area contributed by atoms with Gasteiger partial charge in [-0.25, -0.2) is 8.78 Å². The largest absolute Gasteiger partial charge is 0.379 e. The summed E-state index contributed by atoms with van der Waals surface area (Å²) in [4.78, 5) is 0. The molecular weight excluding hydrogens is 212 g/mol. The zero-order chi connectivity index (χ0) is 11.8. The molecule has 4 heteroatoms. The number of hydrogen-bond donors (Lipinski definition) is 1. The van der Waals surface area contributed by atoms with Crippen LogP contribution in [0.15, 0.2) is 12.1 Å². The Balaban J connectivity index is 2.43. The molecule has 0 spiro atoms. The van der Waals surface area contributed by atoms with E-state index in [2.05, 4.69) is 0 Å². The van der Waals surface area contributed by atoms with Crippen LogP contribution in [0, 0.1) is 18.6 Å². The predicted octanol–water partition coefficient (Wildman–Crippen LogP) is 2.24. The molecule has 88 valence electrons. The Labute approximate surface area is 93.4 Å². The number of aryl methyl sites for hydroxylation is 1. The highest BCUT2D eigenvalue weighted by Gasteiger charge is 2.34. The molecule has 0 saturated carbocycles. The molecule has 0 amide bonds. The molecule has 1 unspecified atom stereocenters. The van der Waals surface area contributed by atoms with Crippen molar-refractivity contribution in [3.63, 3.8) is 0 Å². The molecule has 1 aliphatic rings. The number of benzene rings is 1. The van der Waals surface area contributed by atoms with Gasteiger partial charge in [-0.2, -0.15) is 0 Å². The van der Waals surface area contributed by atoms with Crippen molar-refractivity contribution in [2.45, 2.75) is 25.3 Å². The van der Waals surface area contributed by atoms with E-state index in [4.69, 9.17) is 10.5 Å². The minimum absolute atomic E-state index is 0.218. The number of ether oxygens (including phenoxy) is 1. The van der Waals surface area contributed by atoms with Crippen LogP contribution in [0.1, 0.15) is 24.0 Å². The maximum absolute atomic E-state index is 13.8. The Hall–Kier alpha value is -1.00. The van der Waals surface area contributed by atoms with Crippen LogP contribution in [0.4, 0.5) is 8.78 Å². The molecule has 2 rings (SSSR count). The molecule has 1 aromatic rings. The monoisotopic (exact) mass is 227 g/mol. The molecule has 1 heterocycles. The summed E-state index contributed by atoms with van der Waals surface area (Å²) in [6.07, 6.45) is 1.39. The molecule has 0 aliphatic carbocycles. The summed E-state index contributed by atoms with van der Waals surface area (Å²) in [5, 5.41) is 0. The molecule has 1 fully saturated rings. The summed E-state index contributed by atoms with van der Waals surface area (Å²) in [7, 11) is 0. The predicted molar refractivity (Wildman–Crippen MR) is 57.0 cm³/mol. The molecule has 16 heavy (non-hydrogen) atoms. The smallest absolute Gasteiger partial charge is 0.164 e. The minimum atomic E-state index is -0.892. The SMILES string of the molecule is Cc1ccc(C2(N)CCCOC2)c(F)c1F. The van der Waals surface area contributed by atoms with Gasteiger partial charge >= 0.3 is 0 Å². The first-order valence-electron chi connectivity index (χ1n) is 5.36. The number of rotatable bonds is 1. The fourth-order valence-corrected chi connectivity index (χ4v) is 2.06. The Kier molecular flexibility index (Phi) is 2.95. The minimum Gasteiger partial charge on any atom is -0.379 e. The van der Waals surface area contributed by atoms with Gasteiger partial charge in [0.05, 0.1) is 12.1 Å². The third-order valence-corrected chi connectivity index (χ3v) is 3.08. The first-order valence-corrected chi connectivity index (χ1v) is 5.36. The fourth-order valence-electron chi connectivity index (χ4n) is 2.06. The third-order valence-electron chi connectivity index (χ3n) is 3.08. The average Bonchev–Trinajstić information content (AvgIpc) is 2.27. The van der Waals surface area contributed by atoms with E-state index in [0.717, 1.165) is 6.42 Å². The van der Waals surface area contributed by atoms with Crippen molar-refractivity contribution in [3.05, 3.63) is 34.9 Å². The molecule has 2 nitrogen and oxygen atoms in total. The van der Waals surface area contributed by atoms with Crippen LogP contribution in [0.2, 0.25) is 0 Å². The van der Waals surface area contributed by atoms with Crippen molar-refractivity contribution in [2.24, 2.45) is 5.73 Å². The summed E-state index contributed by atoms with van der Waals surface area (Å²) >= 11 is 0. The summed E-state index contributed by atoms with van der Waals surface area (Å²) in [6.45, 7) is 2.41. The molecule has 0 aromatic heterocycles. The standard InChI is InChI=1S/C12H15F2NO/c1-8-3-4-9(11(14)10(8)13)12(15)5-2-6-16-7-12/h3-4H,2,5-7,15H2,1H3. The summed E-state index contributed by atoms with van der Waals surface area (Å²) in [5.74, 6) is -1.65. The van der Waals surface area contributed by atoms with E-state index in [-0.39, 0.29) is 12.2 Å². The fraction of sp³-hybridized carbons (Fsp3) is 0.500. The molecule has 2 N–H and O–H groups in total. The second-order valence-electron chi connectivity index (χ2n) is 4.37. The number of nitrogens with two attached hydrogens (primary N) is 1. The normalized spacial score (nSPS) is 25.8. The average molecular weight is 227 g/mol. The Morgan fingerprint density at radius 2 is 2.06 bits per heavy atom. The zero-order valence-corrected chi connectivity index (χ0v) is 9.22. The topological polar surface area (TPSA) is 35.2 Å². The van der Waals surface area contributed by atoms with Gasteiger partial charge in [0.25, 0.3) is 0 Å². The highest BCUT2D eigenvalue weighted by molar-refractivity contribution is 5.31. The first kappa shape index (κ1) is 11.5. The van der Waals surface area contributed by atoms with Gasteiger partial charge in [0, 0.05) is 12.2 Å². The lowest BCUT2D eigenvalue weighted by atomic mass is 9.85. The molecular formula is C12H15F2NO. The van der Waals surface area contributed by atoms with E-state index in [1.165, 1.54) is 6.92 Å². The number of halogens is 2. The van der Waals surface area contributed by atoms with Crippen molar-refractivity contribution in [2.75, 3.05) is 13.2 Å². The van der Waals surface area contributed by atoms with Gasteiger partial charge in [-0.15, -0.1) is 0 Å². The first-order chi connectivity index (χ1) is 7.54. The quantitative estimate of drug-likeness (QED) is 0.798. The molecule has 1 saturated heterocycles. The zero-order valence-electron chi connectivity index (χ0n) is 9.22. The molecule has 1 atom stereocenters. The van der Waals surface area contributed by atoms with E-state index < -0.39 is 17.2 Å². The maximum Gasteiger partial charge on any atom is 0.164 e. The lowest BCUT2D eigenvalue weighted by Crippen LogP contribution is -2.45. The van der Waals surface area contributed by atoms with Crippen LogP contribution in [0.5, 0.6) is 0 Å². The van der Waals surface area contributed by atoms with E-state index >= 15 is 0 Å². The van der Waals surface area contributed by atoms with E-state index in [1.807, 2.05) is 0 Å². The highest BCUT2D eigenvalue weighted by Crippen LogP contribution is 2.31. The van der Waals surface area contributed by atoms with Crippen molar-refractivity contribution in [1.82, 2.24) is 0 Å². The maximum atomic E-state index is 13.8. The van der Waals surface area contributed by atoms with Crippen LogP contribution in [-0.4, -0.2) is 13.2 Å². The summed E-state index contributed by atoms with van der Waals surface area (Å²) in [5.41, 5.74) is 5.69. The van der Waals surface area contributed by atoms with Crippen LogP contribution in [-0.2, 0) is 10.3 Å². The summed E-state index contributed by atoms with van der Waals surface area (Å²) in [6, 6.07) is 3.11. The Morgan fingerprint density at radius 3 is 2.69 bits per heavy atom. The van der Waals surface area contributed by atoms with E-state index in [0.29, 0.717) is 18.6 Å². The van der Waals surface area contributed by atoms with Crippen molar-refractivity contribution in [1.29, 1.82) is 0 Å². The van der Waals surface area contributed by atoms with Gasteiger partial charge in [-0.3, -0.25) is 0 Å². The Bertz CT molecular complexity index is 400. The van der Waals surface area contributed by atoms with E-state index in [1.54, 1.807) is 12.1 Å². The lowest BCUT2D eigenvalue weighted by Gasteiger charge is -2.34. The van der Waals surface area contributed by atoms with Crippen LogP contribution < -0.4 is 5.73 Å². The van der Waals surface area contributed by atoms with Crippen LogP contribution in [0.25, 0.3) is 0 Å². The lowest BCUT2D eigenvalue weighted by molar-refractivity contribution is 0.0349. The Morgan fingerprint density at radius 1 is 1.31 bits per heavy atom. The second-order valence-corrected chi connectivity index (χ2v) is 4.37. The molecule has 0 radical (unpaired) electrons. The third kappa shape index (κ3) is 1.83. The van der Waals surface area contributed by atoms with Crippen LogP contribution in [0.3, 0.4) is 0 Å². The van der Waals surface area contributed by atoms with Gasteiger partial charge in [0.1, 0.15) is 0 Å². The molecule has 0 bridgehead atoms. The number of hydrogen-bond acceptors (Lipinski definition) is 2. The van der Waals surface area contributed by atoms with Gasteiger partial charge < -0.3 is 10.5 Å². The van der Waals surface area contributed by atoms with Crippen molar-refractivity contribution in [3.8, 4) is 0 Å². The van der Waals surface area contributed by atoms with Crippen molar-refractivity contribution < 1.29 is 13.5 Å². The molecule has 1 aliphatic heterocycles. The van der Waals surface area contributed by atoms with Gasteiger partial charge in [-0.05, 0) is 25.3 Å². The van der Waals surface area contributed by atoms with Gasteiger partial charge in [0.2, 0.25) is 0 Å². The second kappa shape index (κ2) is 4.11.